The van der Waals surface area contributed by atoms with Crippen LogP contribution in [0.5, 0.6) is 0 Å². The van der Waals surface area contributed by atoms with Gasteiger partial charge in [0.1, 0.15) is 0 Å². The van der Waals surface area contributed by atoms with E-state index in [1.54, 1.807) is 12.1 Å². The van der Waals surface area contributed by atoms with Crippen molar-refractivity contribution in [3.63, 3.8) is 0 Å². The van der Waals surface area contributed by atoms with Crippen molar-refractivity contribution in [2.45, 2.75) is 24.2 Å². The van der Waals surface area contributed by atoms with Crippen LogP contribution < -0.4 is 5.73 Å². The van der Waals surface area contributed by atoms with E-state index in [2.05, 4.69) is 0 Å². The predicted molar refractivity (Wildman–Crippen MR) is 66.4 cm³/mol. The third-order valence-corrected chi connectivity index (χ3v) is 4.50. The molecule has 1 aliphatic rings. The maximum absolute atomic E-state index is 11.5. The highest BCUT2D eigenvalue weighted by Gasteiger charge is 2.41. The summed E-state index contributed by atoms with van der Waals surface area (Å²) in [5.74, 6) is 0. The predicted octanol–water partition coefficient (Wildman–Crippen LogP) is 0.987. The van der Waals surface area contributed by atoms with E-state index >= 15 is 0 Å². The quantitative estimate of drug-likeness (QED) is 0.786. The highest BCUT2D eigenvalue weighted by Crippen LogP contribution is 2.48. The Morgan fingerprint density at radius 3 is 2.53 bits per heavy atom. The van der Waals surface area contributed by atoms with Crippen molar-refractivity contribution in [3.05, 3.63) is 23.8 Å². The molecule has 0 spiro atoms. The number of hydrogen-bond acceptors (Lipinski definition) is 4. The van der Waals surface area contributed by atoms with Crippen molar-refractivity contribution in [2.75, 3.05) is 18.6 Å². The molecule has 3 N–H and O–H groups in total. The van der Waals surface area contributed by atoms with Gasteiger partial charge >= 0.3 is 0 Å². The van der Waals surface area contributed by atoms with Gasteiger partial charge in [-0.25, -0.2) is 8.42 Å². The van der Waals surface area contributed by atoms with Crippen LogP contribution in [0.4, 0.5) is 5.69 Å². The van der Waals surface area contributed by atoms with Gasteiger partial charge in [0.2, 0.25) is 0 Å². The summed E-state index contributed by atoms with van der Waals surface area (Å²) in [7, 11) is -3.29. The number of nitrogens with two attached hydrogens (primary N) is 1. The molecule has 17 heavy (non-hydrogen) atoms. The molecule has 0 radical (unpaired) electrons. The number of sulfone groups is 1. The zero-order chi connectivity index (χ0) is 12.7. The number of nitrogen functional groups attached to an aromatic ring is 1. The molecule has 4 nitrogen and oxygen atoms in total. The van der Waals surface area contributed by atoms with Crippen molar-refractivity contribution in [1.29, 1.82) is 0 Å². The van der Waals surface area contributed by atoms with Gasteiger partial charge in [0, 0.05) is 12.9 Å². The molecule has 0 saturated heterocycles. The maximum atomic E-state index is 11.5. The van der Waals surface area contributed by atoms with E-state index in [0.717, 1.165) is 24.7 Å². The molecular weight excluding hydrogens is 238 g/mol. The summed E-state index contributed by atoms with van der Waals surface area (Å²) in [5, 5.41) is 9.26. The molecule has 94 valence electrons. The smallest absolute Gasteiger partial charge is 0.177 e. The van der Waals surface area contributed by atoms with E-state index in [4.69, 9.17) is 5.73 Å². The van der Waals surface area contributed by atoms with Crippen LogP contribution in [0.1, 0.15) is 18.4 Å². The van der Waals surface area contributed by atoms with Gasteiger partial charge in [-0.1, -0.05) is 6.07 Å². The van der Waals surface area contributed by atoms with E-state index < -0.39 is 9.84 Å². The molecular formula is C12H17NO3S. The van der Waals surface area contributed by atoms with Crippen LogP contribution in [0, 0.1) is 5.41 Å². The molecule has 2 rings (SSSR count). The van der Waals surface area contributed by atoms with Crippen molar-refractivity contribution >= 4 is 15.5 Å². The Labute approximate surface area is 101 Å². The average molecular weight is 255 g/mol. The maximum Gasteiger partial charge on any atom is 0.177 e. The van der Waals surface area contributed by atoms with Crippen LogP contribution in [0.3, 0.4) is 0 Å². The largest absolute Gasteiger partial charge is 0.398 e. The minimum atomic E-state index is -3.29. The lowest BCUT2D eigenvalue weighted by molar-refractivity contribution is 0.211. The van der Waals surface area contributed by atoms with Gasteiger partial charge in [0.25, 0.3) is 0 Å². The zero-order valence-corrected chi connectivity index (χ0v) is 10.6. The molecule has 0 unspecified atom stereocenters. The summed E-state index contributed by atoms with van der Waals surface area (Å²) in [6.45, 7) is 0.158. The average Bonchev–Trinajstić information content (AvgIpc) is 3.00. The summed E-state index contributed by atoms with van der Waals surface area (Å²) in [5.41, 5.74) is 6.84. The van der Waals surface area contributed by atoms with Crippen molar-refractivity contribution in [1.82, 2.24) is 0 Å². The molecule has 5 heteroatoms. The number of anilines is 1. The molecule has 0 amide bonds. The first kappa shape index (κ1) is 12.4. The SMILES string of the molecule is CS(=O)(=O)c1cc(CC2(CO)CC2)ccc1N. The number of rotatable bonds is 4. The minimum Gasteiger partial charge on any atom is -0.398 e. The number of aliphatic hydroxyl groups excluding tert-OH is 1. The standard InChI is InChI=1S/C12H17NO3S/c1-17(15,16)11-6-9(2-3-10(11)13)7-12(8-14)4-5-12/h2-3,6,14H,4-5,7-8,13H2,1H3. The third kappa shape index (κ3) is 2.61. The van der Waals surface area contributed by atoms with Crippen LogP contribution in [-0.4, -0.2) is 26.4 Å². The molecule has 1 fully saturated rings. The fourth-order valence-corrected chi connectivity index (χ4v) is 2.87. The third-order valence-electron chi connectivity index (χ3n) is 3.35. The number of aliphatic hydroxyl groups is 1. The minimum absolute atomic E-state index is 0.0229. The molecule has 0 bridgehead atoms. The Hall–Kier alpha value is -1.07. The van der Waals surface area contributed by atoms with Crippen LogP contribution in [0.15, 0.2) is 23.1 Å². The van der Waals surface area contributed by atoms with E-state index in [1.807, 2.05) is 6.07 Å². The number of hydrogen-bond donors (Lipinski definition) is 2. The first-order valence-corrected chi connectivity index (χ1v) is 7.45. The second-order valence-electron chi connectivity index (χ2n) is 4.98. The summed E-state index contributed by atoms with van der Waals surface area (Å²) >= 11 is 0. The second kappa shape index (κ2) is 3.99. The van der Waals surface area contributed by atoms with Crippen molar-refractivity contribution in [3.8, 4) is 0 Å². The van der Waals surface area contributed by atoms with E-state index in [9.17, 15) is 13.5 Å². The summed E-state index contributed by atoms with van der Waals surface area (Å²) < 4.78 is 23.1. The first-order chi connectivity index (χ1) is 7.86. The zero-order valence-electron chi connectivity index (χ0n) is 9.81. The van der Waals surface area contributed by atoms with Crippen molar-refractivity contribution in [2.24, 2.45) is 5.41 Å². The van der Waals surface area contributed by atoms with Gasteiger partial charge in [-0.2, -0.15) is 0 Å². The Morgan fingerprint density at radius 2 is 2.06 bits per heavy atom. The van der Waals surface area contributed by atoms with Gasteiger partial charge in [-0.15, -0.1) is 0 Å². The Morgan fingerprint density at radius 1 is 1.41 bits per heavy atom. The lowest BCUT2D eigenvalue weighted by atomic mass is 9.97. The molecule has 0 aliphatic heterocycles. The Balaban J connectivity index is 2.32. The van der Waals surface area contributed by atoms with Crippen LogP contribution in [-0.2, 0) is 16.3 Å². The fraction of sp³-hybridized carbons (Fsp3) is 0.500. The highest BCUT2D eigenvalue weighted by molar-refractivity contribution is 7.90. The van der Waals surface area contributed by atoms with Gasteiger partial charge in [0.15, 0.2) is 9.84 Å². The summed E-state index contributed by atoms with van der Waals surface area (Å²) in [6, 6.07) is 5.08. The summed E-state index contributed by atoms with van der Waals surface area (Å²) in [6.07, 6.45) is 3.87. The van der Waals surface area contributed by atoms with E-state index in [1.165, 1.54) is 0 Å². The molecule has 0 aromatic heterocycles. The Bertz CT molecular complexity index is 533. The highest BCUT2D eigenvalue weighted by atomic mass is 32.2. The molecule has 0 heterocycles. The second-order valence-corrected chi connectivity index (χ2v) is 6.96. The van der Waals surface area contributed by atoms with Gasteiger partial charge in [-0.05, 0) is 42.4 Å². The normalized spacial score (nSPS) is 18.0. The number of benzene rings is 1. The molecule has 1 aromatic rings. The van der Waals surface area contributed by atoms with Crippen LogP contribution in [0.2, 0.25) is 0 Å². The van der Waals surface area contributed by atoms with Gasteiger partial charge < -0.3 is 10.8 Å². The summed E-state index contributed by atoms with van der Waals surface area (Å²) in [4.78, 5) is 0.184. The topological polar surface area (TPSA) is 80.4 Å². The molecule has 1 aromatic carbocycles. The van der Waals surface area contributed by atoms with Crippen LogP contribution >= 0.6 is 0 Å². The van der Waals surface area contributed by atoms with Crippen LogP contribution in [0.25, 0.3) is 0 Å². The van der Waals surface area contributed by atoms with E-state index in [0.29, 0.717) is 6.42 Å². The Kier molecular flexibility index (Phi) is 2.91. The van der Waals surface area contributed by atoms with Gasteiger partial charge in [-0.3, -0.25) is 0 Å². The molecule has 1 saturated carbocycles. The van der Waals surface area contributed by atoms with Gasteiger partial charge in [0.05, 0.1) is 10.6 Å². The van der Waals surface area contributed by atoms with E-state index in [-0.39, 0.29) is 22.6 Å². The monoisotopic (exact) mass is 255 g/mol. The first-order valence-electron chi connectivity index (χ1n) is 5.56. The lowest BCUT2D eigenvalue weighted by Crippen LogP contribution is -2.11. The molecule has 0 atom stereocenters. The fourth-order valence-electron chi connectivity index (χ4n) is 2.01. The van der Waals surface area contributed by atoms with Crippen molar-refractivity contribution < 1.29 is 13.5 Å². The molecule has 1 aliphatic carbocycles. The lowest BCUT2D eigenvalue weighted by Gasteiger charge is -2.13.